The summed E-state index contributed by atoms with van der Waals surface area (Å²) in [7, 11) is 0. The van der Waals surface area contributed by atoms with E-state index in [9.17, 15) is 4.79 Å². The van der Waals surface area contributed by atoms with Crippen LogP contribution >= 0.6 is 12.4 Å². The zero-order valence-electron chi connectivity index (χ0n) is 12.9. The molecule has 3 N–H and O–H groups in total. The first-order valence-electron chi connectivity index (χ1n) is 7.27. The number of aryl methyl sites for hydroxylation is 1. The number of hydrogen-bond donors (Lipinski definition) is 2. The molecule has 0 unspecified atom stereocenters. The summed E-state index contributed by atoms with van der Waals surface area (Å²) in [6.07, 6.45) is 2.65. The lowest BCUT2D eigenvalue weighted by Gasteiger charge is -2.31. The van der Waals surface area contributed by atoms with Gasteiger partial charge in [-0.2, -0.15) is 0 Å². The smallest absolute Gasteiger partial charge is 0.244 e. The van der Waals surface area contributed by atoms with Crippen molar-refractivity contribution in [1.82, 2.24) is 4.98 Å². The monoisotopic (exact) mass is 337 g/mol. The van der Waals surface area contributed by atoms with Crippen molar-refractivity contribution < 1.29 is 13.9 Å². The van der Waals surface area contributed by atoms with E-state index in [1.54, 1.807) is 6.26 Å². The highest BCUT2D eigenvalue weighted by molar-refractivity contribution is 5.98. The molecule has 23 heavy (non-hydrogen) atoms. The number of halogens is 1. The molecule has 1 aromatic carbocycles. The molecule has 2 heterocycles. The number of ether oxygens (including phenoxy) is 1. The molecule has 7 heteroatoms. The molecule has 1 fully saturated rings. The van der Waals surface area contributed by atoms with Crippen LogP contribution in [0.1, 0.15) is 18.5 Å². The number of carbonyl (C=O) groups excluding carboxylic acids is 1. The molecule has 0 aliphatic carbocycles. The maximum atomic E-state index is 12.4. The first-order valence-corrected chi connectivity index (χ1v) is 7.27. The maximum Gasteiger partial charge on any atom is 0.244 e. The third kappa shape index (κ3) is 3.90. The van der Waals surface area contributed by atoms with Crippen LogP contribution in [0.3, 0.4) is 0 Å². The van der Waals surface area contributed by atoms with Crippen LogP contribution in [0.2, 0.25) is 0 Å². The van der Waals surface area contributed by atoms with Gasteiger partial charge in [-0.15, -0.1) is 12.4 Å². The minimum atomic E-state index is -0.867. The molecule has 0 atom stereocenters. The predicted octanol–water partition coefficient (Wildman–Crippen LogP) is 2.52. The summed E-state index contributed by atoms with van der Waals surface area (Å²) >= 11 is 0. The van der Waals surface area contributed by atoms with Crippen LogP contribution in [0.4, 0.5) is 5.69 Å². The van der Waals surface area contributed by atoms with E-state index in [-0.39, 0.29) is 18.3 Å². The van der Waals surface area contributed by atoms with Gasteiger partial charge >= 0.3 is 0 Å². The van der Waals surface area contributed by atoms with Gasteiger partial charge in [-0.25, -0.2) is 4.98 Å². The molecular formula is C16H20ClN3O3. The van der Waals surface area contributed by atoms with Gasteiger partial charge in [0.25, 0.3) is 0 Å². The summed E-state index contributed by atoms with van der Waals surface area (Å²) in [5.74, 6) is 0.346. The minimum absolute atomic E-state index is 0. The van der Waals surface area contributed by atoms with Crippen molar-refractivity contribution in [2.45, 2.75) is 25.3 Å². The number of nitrogens with zero attached hydrogens (tertiary/aromatic N) is 1. The SMILES string of the molecule is Cc1coc(-c2cccc(NC(=O)C3(N)CCOCC3)c2)n1.Cl. The molecule has 6 nitrogen and oxygen atoms in total. The topological polar surface area (TPSA) is 90.4 Å². The number of hydrogen-bond acceptors (Lipinski definition) is 5. The van der Waals surface area contributed by atoms with Gasteiger partial charge < -0.3 is 20.2 Å². The van der Waals surface area contributed by atoms with Crippen LogP contribution in [0.15, 0.2) is 34.9 Å². The molecule has 0 spiro atoms. The average molecular weight is 338 g/mol. The Balaban J connectivity index is 0.00000192. The third-order valence-corrected chi connectivity index (χ3v) is 3.82. The van der Waals surface area contributed by atoms with Crippen molar-refractivity contribution in [3.63, 3.8) is 0 Å². The summed E-state index contributed by atoms with van der Waals surface area (Å²) < 4.78 is 10.6. The second-order valence-corrected chi connectivity index (χ2v) is 5.60. The average Bonchev–Trinajstić information content (AvgIpc) is 2.95. The first-order chi connectivity index (χ1) is 10.6. The lowest BCUT2D eigenvalue weighted by atomic mass is 9.90. The summed E-state index contributed by atoms with van der Waals surface area (Å²) in [6, 6.07) is 7.37. The summed E-state index contributed by atoms with van der Waals surface area (Å²) in [5, 5.41) is 2.88. The van der Waals surface area contributed by atoms with Crippen LogP contribution in [0.5, 0.6) is 0 Å². The Labute approximate surface area is 140 Å². The fourth-order valence-electron chi connectivity index (χ4n) is 2.43. The number of anilines is 1. The second kappa shape index (κ2) is 7.12. The largest absolute Gasteiger partial charge is 0.444 e. The molecule has 3 rings (SSSR count). The number of aromatic nitrogens is 1. The Morgan fingerprint density at radius 3 is 2.74 bits per heavy atom. The van der Waals surface area contributed by atoms with Crippen LogP contribution in [-0.2, 0) is 9.53 Å². The van der Waals surface area contributed by atoms with E-state index >= 15 is 0 Å². The van der Waals surface area contributed by atoms with Crippen LogP contribution in [0, 0.1) is 6.92 Å². The van der Waals surface area contributed by atoms with Crippen molar-refractivity contribution in [1.29, 1.82) is 0 Å². The van der Waals surface area contributed by atoms with Crippen LogP contribution < -0.4 is 11.1 Å². The highest BCUT2D eigenvalue weighted by atomic mass is 35.5. The Morgan fingerprint density at radius 1 is 1.35 bits per heavy atom. The van der Waals surface area contributed by atoms with Crippen LogP contribution in [0.25, 0.3) is 11.5 Å². The molecule has 124 valence electrons. The standard InChI is InChI=1S/C16H19N3O3.ClH/c1-11-10-22-14(18-11)12-3-2-4-13(9-12)19-15(20)16(17)5-7-21-8-6-16;/h2-4,9-10H,5-8,17H2,1H3,(H,19,20);1H. The molecule has 1 aliphatic rings. The van der Waals surface area contributed by atoms with E-state index in [2.05, 4.69) is 10.3 Å². The van der Waals surface area contributed by atoms with E-state index in [4.69, 9.17) is 14.9 Å². The molecule has 1 amide bonds. The van der Waals surface area contributed by atoms with Crippen molar-refractivity contribution >= 4 is 24.0 Å². The van der Waals surface area contributed by atoms with Crippen molar-refractivity contribution in [2.24, 2.45) is 5.73 Å². The van der Waals surface area contributed by atoms with Gasteiger partial charge in [0.2, 0.25) is 11.8 Å². The molecule has 1 aromatic heterocycles. The Bertz CT molecular complexity index is 681. The van der Waals surface area contributed by atoms with Crippen molar-refractivity contribution in [3.05, 3.63) is 36.2 Å². The van der Waals surface area contributed by atoms with Gasteiger partial charge in [-0.05, 0) is 38.0 Å². The van der Waals surface area contributed by atoms with Crippen molar-refractivity contribution in [3.8, 4) is 11.5 Å². The molecule has 1 saturated heterocycles. The van der Waals surface area contributed by atoms with E-state index in [1.807, 2.05) is 31.2 Å². The number of benzene rings is 1. The zero-order valence-corrected chi connectivity index (χ0v) is 13.7. The zero-order chi connectivity index (χ0) is 15.6. The minimum Gasteiger partial charge on any atom is -0.444 e. The highest BCUT2D eigenvalue weighted by Gasteiger charge is 2.35. The molecule has 0 saturated carbocycles. The number of amides is 1. The van der Waals surface area contributed by atoms with Gasteiger partial charge in [-0.3, -0.25) is 4.79 Å². The molecule has 0 bridgehead atoms. The second-order valence-electron chi connectivity index (χ2n) is 5.60. The number of rotatable bonds is 3. The normalized spacial score (nSPS) is 16.4. The molecule has 1 aliphatic heterocycles. The lowest BCUT2D eigenvalue weighted by Crippen LogP contribution is -2.54. The predicted molar refractivity (Wildman–Crippen MR) is 89.5 cm³/mol. The van der Waals surface area contributed by atoms with Crippen LogP contribution in [-0.4, -0.2) is 29.6 Å². The highest BCUT2D eigenvalue weighted by Crippen LogP contribution is 2.24. The van der Waals surface area contributed by atoms with E-state index in [0.29, 0.717) is 37.6 Å². The molecule has 2 aromatic rings. The number of nitrogens with one attached hydrogen (secondary N) is 1. The van der Waals surface area contributed by atoms with Gasteiger partial charge in [0, 0.05) is 24.5 Å². The maximum absolute atomic E-state index is 12.4. The lowest BCUT2D eigenvalue weighted by molar-refractivity contribution is -0.124. The number of nitrogens with two attached hydrogens (primary N) is 1. The fraction of sp³-hybridized carbons (Fsp3) is 0.375. The van der Waals surface area contributed by atoms with Gasteiger partial charge in [0.1, 0.15) is 11.8 Å². The Hall–Kier alpha value is -1.89. The first kappa shape index (κ1) is 17.5. The van der Waals surface area contributed by atoms with Crippen molar-refractivity contribution in [2.75, 3.05) is 18.5 Å². The number of carbonyl (C=O) groups is 1. The van der Waals surface area contributed by atoms with Gasteiger partial charge in [0.05, 0.1) is 5.69 Å². The summed E-state index contributed by atoms with van der Waals surface area (Å²) in [6.45, 7) is 2.89. The Kier molecular flexibility index (Phi) is 5.41. The van der Waals surface area contributed by atoms with E-state index in [1.165, 1.54) is 0 Å². The van der Waals surface area contributed by atoms with E-state index < -0.39 is 5.54 Å². The molecule has 0 radical (unpaired) electrons. The quantitative estimate of drug-likeness (QED) is 0.898. The van der Waals surface area contributed by atoms with Gasteiger partial charge in [0.15, 0.2) is 0 Å². The number of oxazole rings is 1. The summed E-state index contributed by atoms with van der Waals surface area (Å²) in [5.41, 5.74) is 7.61. The summed E-state index contributed by atoms with van der Waals surface area (Å²) in [4.78, 5) is 16.7. The third-order valence-electron chi connectivity index (χ3n) is 3.82. The van der Waals surface area contributed by atoms with Gasteiger partial charge in [-0.1, -0.05) is 6.07 Å². The fourth-order valence-corrected chi connectivity index (χ4v) is 2.43. The Morgan fingerprint density at radius 2 is 2.09 bits per heavy atom. The molecular weight excluding hydrogens is 318 g/mol. The van der Waals surface area contributed by atoms with E-state index in [0.717, 1.165) is 11.3 Å².